The van der Waals surface area contributed by atoms with E-state index in [0.717, 1.165) is 12.8 Å². The number of carboxylic acid groups (broad SMARTS) is 1. The van der Waals surface area contributed by atoms with Crippen molar-refractivity contribution in [2.45, 2.75) is 123 Å². The molecule has 2 N–H and O–H groups in total. The Labute approximate surface area is 155 Å². The fourth-order valence-electron chi connectivity index (χ4n) is 3.03. The van der Waals surface area contributed by atoms with Gasteiger partial charge in [0.1, 0.15) is 6.04 Å². The maximum atomic E-state index is 11.5. The van der Waals surface area contributed by atoms with E-state index in [9.17, 15) is 9.59 Å². The molecule has 0 heterocycles. The molecule has 0 radical (unpaired) electrons. The molecule has 0 aliphatic heterocycles. The van der Waals surface area contributed by atoms with Gasteiger partial charge in [-0.25, -0.2) is 0 Å². The second-order valence-electron chi connectivity index (χ2n) is 7.33. The Balaban J connectivity index is 3.19. The predicted molar refractivity (Wildman–Crippen MR) is 105 cm³/mol. The average Bonchev–Trinajstić information content (AvgIpc) is 2.58. The number of carboxylic acids is 1. The third-order valence-electron chi connectivity index (χ3n) is 4.76. The van der Waals surface area contributed by atoms with Crippen molar-refractivity contribution >= 4 is 11.9 Å². The maximum Gasteiger partial charge on any atom is 0.325 e. The predicted octanol–water partition coefficient (Wildman–Crippen LogP) is 5.84. The molecule has 0 aromatic rings. The van der Waals surface area contributed by atoms with E-state index >= 15 is 0 Å². The molecule has 0 saturated heterocycles. The van der Waals surface area contributed by atoms with Gasteiger partial charge in [-0.15, -0.1) is 0 Å². The molecular formula is C21H41NO3. The summed E-state index contributed by atoms with van der Waals surface area (Å²) in [5, 5.41) is 11.2. The zero-order valence-electron chi connectivity index (χ0n) is 16.7. The number of rotatable bonds is 18. The molecule has 0 rings (SSSR count). The summed E-state index contributed by atoms with van der Waals surface area (Å²) in [5.74, 6) is -1.13. The fourth-order valence-corrected chi connectivity index (χ4v) is 3.03. The number of aliphatic carboxylic acids is 1. The Hall–Kier alpha value is -1.06. The van der Waals surface area contributed by atoms with Crippen molar-refractivity contribution in [2.75, 3.05) is 0 Å². The highest BCUT2D eigenvalue weighted by Gasteiger charge is 2.12. The SMILES string of the molecule is CCCCCCCCCCCCCCCCCC(=O)N[C@@H](C)C(=O)O. The van der Waals surface area contributed by atoms with Crippen molar-refractivity contribution in [3.8, 4) is 0 Å². The summed E-state index contributed by atoms with van der Waals surface area (Å²) < 4.78 is 0. The number of amides is 1. The van der Waals surface area contributed by atoms with E-state index in [0.29, 0.717) is 6.42 Å². The van der Waals surface area contributed by atoms with Crippen LogP contribution in [0.25, 0.3) is 0 Å². The monoisotopic (exact) mass is 355 g/mol. The Morgan fingerprint density at radius 3 is 1.44 bits per heavy atom. The summed E-state index contributed by atoms with van der Waals surface area (Å²) in [6.45, 7) is 3.76. The van der Waals surface area contributed by atoms with Crippen molar-refractivity contribution in [2.24, 2.45) is 0 Å². The van der Waals surface area contributed by atoms with Crippen LogP contribution in [-0.2, 0) is 9.59 Å². The van der Waals surface area contributed by atoms with Gasteiger partial charge in [0, 0.05) is 6.42 Å². The third-order valence-corrected chi connectivity index (χ3v) is 4.76. The molecule has 0 aromatic carbocycles. The minimum atomic E-state index is -0.982. The standard InChI is InChI=1S/C21H41NO3/c1-3-4-5-6-7-8-9-10-11-12-13-14-15-16-17-18-20(23)22-19(2)21(24)25/h19H,3-18H2,1-2H3,(H,22,23)(H,24,25)/t19-/m0/s1. The Kier molecular flexibility index (Phi) is 17.0. The van der Waals surface area contributed by atoms with E-state index in [1.165, 1.54) is 90.4 Å². The van der Waals surface area contributed by atoms with Gasteiger partial charge in [0.15, 0.2) is 0 Å². The van der Waals surface area contributed by atoms with E-state index in [1.54, 1.807) is 0 Å². The van der Waals surface area contributed by atoms with Crippen molar-refractivity contribution in [3.05, 3.63) is 0 Å². The van der Waals surface area contributed by atoms with E-state index < -0.39 is 12.0 Å². The van der Waals surface area contributed by atoms with Gasteiger partial charge < -0.3 is 10.4 Å². The van der Waals surface area contributed by atoms with Crippen LogP contribution in [0.5, 0.6) is 0 Å². The molecule has 4 heteroatoms. The molecule has 1 amide bonds. The first kappa shape index (κ1) is 23.9. The van der Waals surface area contributed by atoms with E-state index in [1.807, 2.05) is 0 Å². The fraction of sp³-hybridized carbons (Fsp3) is 0.905. The van der Waals surface area contributed by atoms with Crippen molar-refractivity contribution in [3.63, 3.8) is 0 Å². The summed E-state index contributed by atoms with van der Waals surface area (Å²) in [7, 11) is 0. The lowest BCUT2D eigenvalue weighted by molar-refractivity contribution is -0.141. The third kappa shape index (κ3) is 17.6. The summed E-state index contributed by atoms with van der Waals surface area (Å²) in [6.07, 6.45) is 20.0. The van der Waals surface area contributed by atoms with Crippen molar-refractivity contribution in [1.82, 2.24) is 5.32 Å². The largest absolute Gasteiger partial charge is 0.480 e. The number of nitrogens with one attached hydrogen (secondary N) is 1. The normalized spacial score (nSPS) is 12.1. The van der Waals surface area contributed by atoms with Crippen LogP contribution in [0, 0.1) is 0 Å². The summed E-state index contributed by atoms with van der Waals surface area (Å²) >= 11 is 0. The molecule has 0 fully saturated rings. The molecule has 0 aliphatic rings. The first-order valence-corrected chi connectivity index (χ1v) is 10.6. The number of unbranched alkanes of at least 4 members (excludes halogenated alkanes) is 14. The van der Waals surface area contributed by atoms with Crippen LogP contribution in [0.4, 0.5) is 0 Å². The summed E-state index contributed by atoms with van der Waals surface area (Å²) in [4.78, 5) is 22.2. The summed E-state index contributed by atoms with van der Waals surface area (Å²) in [6, 6.07) is -0.788. The van der Waals surface area contributed by atoms with E-state index in [2.05, 4.69) is 12.2 Å². The molecule has 0 unspecified atom stereocenters. The molecule has 1 atom stereocenters. The molecule has 25 heavy (non-hydrogen) atoms. The topological polar surface area (TPSA) is 66.4 Å². The zero-order chi connectivity index (χ0) is 18.8. The van der Waals surface area contributed by atoms with Gasteiger partial charge >= 0.3 is 5.97 Å². The average molecular weight is 356 g/mol. The molecule has 148 valence electrons. The zero-order valence-corrected chi connectivity index (χ0v) is 16.7. The lowest BCUT2D eigenvalue weighted by atomic mass is 10.0. The van der Waals surface area contributed by atoms with Crippen molar-refractivity contribution in [1.29, 1.82) is 0 Å². The number of hydrogen-bond donors (Lipinski definition) is 2. The molecule has 0 saturated carbocycles. The number of carbonyl (C=O) groups is 2. The van der Waals surface area contributed by atoms with Crippen LogP contribution in [0.15, 0.2) is 0 Å². The Bertz CT molecular complexity index is 331. The Morgan fingerprint density at radius 1 is 0.720 bits per heavy atom. The molecule has 4 nitrogen and oxygen atoms in total. The maximum absolute atomic E-state index is 11.5. The molecule has 0 bridgehead atoms. The molecule has 0 spiro atoms. The quantitative estimate of drug-likeness (QED) is 0.304. The van der Waals surface area contributed by atoms with E-state index in [-0.39, 0.29) is 5.91 Å². The van der Waals surface area contributed by atoms with Crippen LogP contribution in [0.1, 0.15) is 117 Å². The van der Waals surface area contributed by atoms with Gasteiger partial charge in [-0.2, -0.15) is 0 Å². The second kappa shape index (κ2) is 17.8. The minimum absolute atomic E-state index is 0.149. The molecule has 0 aromatic heterocycles. The molecule has 0 aliphatic carbocycles. The smallest absolute Gasteiger partial charge is 0.325 e. The van der Waals surface area contributed by atoms with Gasteiger partial charge in [-0.1, -0.05) is 96.8 Å². The van der Waals surface area contributed by atoms with Gasteiger partial charge in [0.25, 0.3) is 0 Å². The minimum Gasteiger partial charge on any atom is -0.480 e. The van der Waals surface area contributed by atoms with Crippen LogP contribution in [-0.4, -0.2) is 23.0 Å². The highest BCUT2D eigenvalue weighted by molar-refractivity contribution is 5.83. The molecular weight excluding hydrogens is 314 g/mol. The van der Waals surface area contributed by atoms with Gasteiger partial charge in [-0.3, -0.25) is 9.59 Å². The lowest BCUT2D eigenvalue weighted by Gasteiger charge is -2.08. The van der Waals surface area contributed by atoms with Crippen LogP contribution < -0.4 is 5.32 Å². The lowest BCUT2D eigenvalue weighted by Crippen LogP contribution is -2.38. The number of hydrogen-bond acceptors (Lipinski definition) is 2. The van der Waals surface area contributed by atoms with Gasteiger partial charge in [-0.05, 0) is 13.3 Å². The number of carbonyl (C=O) groups excluding carboxylic acids is 1. The van der Waals surface area contributed by atoms with Crippen LogP contribution >= 0.6 is 0 Å². The van der Waals surface area contributed by atoms with Crippen LogP contribution in [0.3, 0.4) is 0 Å². The van der Waals surface area contributed by atoms with Crippen molar-refractivity contribution < 1.29 is 14.7 Å². The van der Waals surface area contributed by atoms with Gasteiger partial charge in [0.05, 0.1) is 0 Å². The first-order valence-electron chi connectivity index (χ1n) is 10.6. The summed E-state index contributed by atoms with van der Waals surface area (Å²) in [5.41, 5.74) is 0. The van der Waals surface area contributed by atoms with E-state index in [4.69, 9.17) is 5.11 Å². The highest BCUT2D eigenvalue weighted by atomic mass is 16.4. The second-order valence-corrected chi connectivity index (χ2v) is 7.33. The highest BCUT2D eigenvalue weighted by Crippen LogP contribution is 2.13. The van der Waals surface area contributed by atoms with Gasteiger partial charge in [0.2, 0.25) is 5.91 Å². The van der Waals surface area contributed by atoms with Crippen LogP contribution in [0.2, 0.25) is 0 Å². The first-order chi connectivity index (χ1) is 12.1. The Morgan fingerprint density at radius 2 is 1.08 bits per heavy atom.